The summed E-state index contributed by atoms with van der Waals surface area (Å²) in [5.41, 5.74) is 5.31. The van der Waals surface area contributed by atoms with Gasteiger partial charge in [0.05, 0.1) is 0 Å². The lowest BCUT2D eigenvalue weighted by molar-refractivity contribution is 0.718. The van der Waals surface area contributed by atoms with Crippen LogP contribution < -0.4 is 5.32 Å². The number of halogens is 1. The van der Waals surface area contributed by atoms with Crippen molar-refractivity contribution in [1.82, 2.24) is 5.32 Å². The molecule has 21 heavy (non-hydrogen) atoms. The Morgan fingerprint density at radius 3 is 2.43 bits per heavy atom. The zero-order chi connectivity index (χ0) is 15.2. The number of benzene rings is 2. The van der Waals surface area contributed by atoms with Gasteiger partial charge in [-0.25, -0.2) is 0 Å². The Morgan fingerprint density at radius 2 is 1.76 bits per heavy atom. The van der Waals surface area contributed by atoms with E-state index >= 15 is 0 Å². The fourth-order valence-corrected chi connectivity index (χ4v) is 3.56. The third kappa shape index (κ3) is 5.06. The normalized spacial score (nSPS) is 10.9. The van der Waals surface area contributed by atoms with E-state index in [0.717, 1.165) is 23.9 Å². The first-order chi connectivity index (χ1) is 10.1. The Kier molecular flexibility index (Phi) is 6.16. The van der Waals surface area contributed by atoms with E-state index in [0.29, 0.717) is 0 Å². The van der Waals surface area contributed by atoms with Gasteiger partial charge in [-0.05, 0) is 49.7 Å². The molecule has 0 aliphatic heterocycles. The highest BCUT2D eigenvalue weighted by atomic mass is 35.5. The highest BCUT2D eigenvalue weighted by Crippen LogP contribution is 2.29. The van der Waals surface area contributed by atoms with Gasteiger partial charge in [-0.1, -0.05) is 47.9 Å². The van der Waals surface area contributed by atoms with E-state index in [1.54, 1.807) is 0 Å². The molecule has 1 nitrogen and oxygen atoms in total. The van der Waals surface area contributed by atoms with Crippen LogP contribution in [0.3, 0.4) is 0 Å². The number of nitrogens with one attached hydrogen (secondary N) is 1. The summed E-state index contributed by atoms with van der Waals surface area (Å²) in [6.45, 7) is 8.26. The molecule has 2 aromatic rings. The van der Waals surface area contributed by atoms with Crippen LogP contribution in [0.4, 0.5) is 0 Å². The molecular formula is C18H22ClNS. The summed E-state index contributed by atoms with van der Waals surface area (Å²) in [5.74, 6) is 0.989. The van der Waals surface area contributed by atoms with Crippen molar-refractivity contribution in [2.24, 2.45) is 0 Å². The lowest BCUT2D eigenvalue weighted by Gasteiger charge is -2.11. The fourth-order valence-electron chi connectivity index (χ4n) is 2.40. The van der Waals surface area contributed by atoms with Crippen LogP contribution in [0, 0.1) is 13.8 Å². The highest BCUT2D eigenvalue weighted by Gasteiger charge is 2.05. The molecule has 2 rings (SSSR count). The molecule has 0 aliphatic rings. The van der Waals surface area contributed by atoms with Crippen molar-refractivity contribution in [3.05, 3.63) is 63.7 Å². The highest BCUT2D eigenvalue weighted by molar-refractivity contribution is 7.98. The number of hydrogen-bond donors (Lipinski definition) is 1. The van der Waals surface area contributed by atoms with Crippen molar-refractivity contribution in [1.29, 1.82) is 0 Å². The van der Waals surface area contributed by atoms with E-state index in [9.17, 15) is 0 Å². The Bertz CT molecular complexity index is 590. The monoisotopic (exact) mass is 319 g/mol. The summed E-state index contributed by atoms with van der Waals surface area (Å²) in [5, 5.41) is 4.18. The molecule has 0 saturated carbocycles. The minimum atomic E-state index is 0.804. The van der Waals surface area contributed by atoms with Gasteiger partial charge in [0.2, 0.25) is 0 Å². The van der Waals surface area contributed by atoms with Crippen LogP contribution in [-0.4, -0.2) is 6.54 Å². The quantitative estimate of drug-likeness (QED) is 0.719. The number of aryl methyl sites for hydroxylation is 2. The zero-order valence-corrected chi connectivity index (χ0v) is 14.4. The molecular weight excluding hydrogens is 298 g/mol. The van der Waals surface area contributed by atoms with Crippen molar-refractivity contribution < 1.29 is 0 Å². The first-order valence-electron chi connectivity index (χ1n) is 7.27. The molecule has 0 aliphatic carbocycles. The van der Waals surface area contributed by atoms with E-state index in [1.807, 2.05) is 17.8 Å². The molecule has 3 heteroatoms. The molecule has 0 spiro atoms. The van der Waals surface area contributed by atoms with Crippen molar-refractivity contribution in [2.75, 3.05) is 6.54 Å². The average molecular weight is 320 g/mol. The van der Waals surface area contributed by atoms with Gasteiger partial charge in [-0.3, -0.25) is 0 Å². The van der Waals surface area contributed by atoms with Crippen LogP contribution in [0.1, 0.15) is 29.2 Å². The molecule has 0 heterocycles. The summed E-state index contributed by atoms with van der Waals surface area (Å²) in [4.78, 5) is 1.31. The second kappa shape index (κ2) is 7.88. The maximum Gasteiger partial charge on any atom is 0.0410 e. The maximum atomic E-state index is 6.12. The second-order valence-corrected chi connectivity index (χ2v) is 6.77. The number of rotatable bonds is 6. The van der Waals surface area contributed by atoms with E-state index in [-0.39, 0.29) is 0 Å². The summed E-state index contributed by atoms with van der Waals surface area (Å²) in [6, 6.07) is 12.9. The van der Waals surface area contributed by atoms with Crippen LogP contribution in [0.15, 0.2) is 41.3 Å². The van der Waals surface area contributed by atoms with Gasteiger partial charge >= 0.3 is 0 Å². The van der Waals surface area contributed by atoms with Crippen molar-refractivity contribution in [3.8, 4) is 0 Å². The van der Waals surface area contributed by atoms with Crippen LogP contribution >= 0.6 is 23.4 Å². The molecule has 0 atom stereocenters. The predicted molar refractivity (Wildman–Crippen MR) is 94.3 cm³/mol. The largest absolute Gasteiger partial charge is 0.313 e. The number of thioether (sulfide) groups is 1. The topological polar surface area (TPSA) is 12.0 Å². The van der Waals surface area contributed by atoms with Gasteiger partial charge in [0.15, 0.2) is 0 Å². The summed E-state index contributed by atoms with van der Waals surface area (Å²) < 4.78 is 0. The zero-order valence-electron chi connectivity index (χ0n) is 12.9. The Hall–Kier alpha value is -0.960. The molecule has 0 radical (unpaired) electrons. The van der Waals surface area contributed by atoms with Gasteiger partial charge < -0.3 is 5.32 Å². The van der Waals surface area contributed by atoms with Crippen molar-refractivity contribution >= 4 is 23.4 Å². The van der Waals surface area contributed by atoms with Gasteiger partial charge in [0.1, 0.15) is 0 Å². The third-order valence-corrected chi connectivity index (χ3v) is 4.69. The lowest BCUT2D eigenvalue weighted by atomic mass is 10.1. The van der Waals surface area contributed by atoms with E-state index in [2.05, 4.69) is 56.4 Å². The van der Waals surface area contributed by atoms with Crippen LogP contribution in [0.2, 0.25) is 5.02 Å². The van der Waals surface area contributed by atoms with Crippen LogP contribution in [-0.2, 0) is 12.3 Å². The minimum absolute atomic E-state index is 0.804. The van der Waals surface area contributed by atoms with Crippen molar-refractivity contribution in [2.45, 2.75) is 38.0 Å². The first-order valence-corrected chi connectivity index (χ1v) is 8.64. The molecule has 2 aromatic carbocycles. The number of hydrogen-bond acceptors (Lipinski definition) is 2. The summed E-state index contributed by atoms with van der Waals surface area (Å²) in [7, 11) is 0. The standard InChI is InChI=1S/C18H22ClNS/c1-4-20-11-16-10-17(19)5-6-18(16)21-12-15-8-13(2)7-14(3)9-15/h5-10,20H,4,11-12H2,1-3H3. The van der Waals surface area contributed by atoms with Gasteiger partial charge in [-0.15, -0.1) is 11.8 Å². The molecule has 0 saturated heterocycles. The fraction of sp³-hybridized carbons (Fsp3) is 0.333. The third-order valence-electron chi connectivity index (χ3n) is 3.26. The minimum Gasteiger partial charge on any atom is -0.313 e. The Morgan fingerprint density at radius 1 is 1.05 bits per heavy atom. The van der Waals surface area contributed by atoms with Crippen LogP contribution in [0.5, 0.6) is 0 Å². The SMILES string of the molecule is CCNCc1cc(Cl)ccc1SCc1cc(C)cc(C)c1. The maximum absolute atomic E-state index is 6.12. The van der Waals surface area contributed by atoms with E-state index < -0.39 is 0 Å². The van der Waals surface area contributed by atoms with Gasteiger partial charge in [0, 0.05) is 22.2 Å². The van der Waals surface area contributed by atoms with Gasteiger partial charge in [-0.2, -0.15) is 0 Å². The summed E-state index contributed by atoms with van der Waals surface area (Å²) in [6.07, 6.45) is 0. The molecule has 0 bridgehead atoms. The lowest BCUT2D eigenvalue weighted by Crippen LogP contribution is -2.12. The van der Waals surface area contributed by atoms with E-state index in [4.69, 9.17) is 11.6 Å². The smallest absolute Gasteiger partial charge is 0.0410 e. The molecule has 0 unspecified atom stereocenters. The molecule has 112 valence electrons. The van der Waals surface area contributed by atoms with Gasteiger partial charge in [0.25, 0.3) is 0 Å². The molecule has 0 aromatic heterocycles. The Balaban J connectivity index is 2.11. The average Bonchev–Trinajstić information content (AvgIpc) is 2.43. The predicted octanol–water partition coefficient (Wildman–Crippen LogP) is 5.36. The van der Waals surface area contributed by atoms with Crippen molar-refractivity contribution in [3.63, 3.8) is 0 Å². The Labute approximate surface area is 137 Å². The molecule has 0 fully saturated rings. The van der Waals surface area contributed by atoms with E-state index in [1.165, 1.54) is 27.1 Å². The molecule has 1 N–H and O–H groups in total. The first kappa shape index (κ1) is 16.4. The van der Waals surface area contributed by atoms with Crippen LogP contribution in [0.25, 0.3) is 0 Å². The second-order valence-electron chi connectivity index (χ2n) is 5.32. The molecule has 0 amide bonds. The summed E-state index contributed by atoms with van der Waals surface area (Å²) >= 11 is 8.00.